The number of para-hydroxylation sites is 2. The van der Waals surface area contributed by atoms with E-state index in [9.17, 15) is 9.18 Å². The fourth-order valence-electron chi connectivity index (χ4n) is 4.05. The smallest absolute Gasteiger partial charge is 0.233 e. The van der Waals surface area contributed by atoms with Gasteiger partial charge in [0.15, 0.2) is 28.6 Å². The summed E-state index contributed by atoms with van der Waals surface area (Å²) >= 11 is 1.35. The van der Waals surface area contributed by atoms with E-state index in [0.717, 1.165) is 5.69 Å². The molecule has 0 saturated carbocycles. The van der Waals surface area contributed by atoms with E-state index in [1.54, 1.807) is 25.3 Å². The highest BCUT2D eigenvalue weighted by Crippen LogP contribution is 2.31. The Kier molecular flexibility index (Phi) is 8.48. The van der Waals surface area contributed by atoms with Crippen molar-refractivity contribution < 1.29 is 18.7 Å². The van der Waals surface area contributed by atoms with E-state index >= 15 is 0 Å². The number of anilines is 1. The van der Waals surface area contributed by atoms with Gasteiger partial charge in [0.05, 0.1) is 12.9 Å². The second kappa shape index (κ2) is 11.9. The molecule has 1 fully saturated rings. The molecule has 0 aliphatic carbocycles. The second-order valence-electron chi connectivity index (χ2n) is 8.28. The van der Waals surface area contributed by atoms with Crippen molar-refractivity contribution >= 4 is 23.4 Å². The summed E-state index contributed by atoms with van der Waals surface area (Å²) in [5.41, 5.74) is 0.965. The first-order valence-electron chi connectivity index (χ1n) is 11.7. The highest BCUT2D eigenvalue weighted by Gasteiger charge is 2.24. The van der Waals surface area contributed by atoms with Crippen molar-refractivity contribution in [1.82, 2.24) is 19.7 Å². The quantitative estimate of drug-likeness (QED) is 0.299. The fraction of sp³-hybridized carbons (Fsp3) is 0.346. The SMILES string of the molecule is C=CCn1c(SCC(=O)N2CCN(c3ccc(F)cc3)CC2)nnc1C(C)Oc1ccccc1OC. The van der Waals surface area contributed by atoms with Crippen LogP contribution in [-0.4, -0.2) is 64.6 Å². The zero-order chi connectivity index (χ0) is 25.5. The normalized spacial score (nSPS) is 14.4. The second-order valence-corrected chi connectivity index (χ2v) is 9.23. The molecule has 1 aliphatic rings. The van der Waals surface area contributed by atoms with Gasteiger partial charge in [-0.2, -0.15) is 0 Å². The topological polar surface area (TPSA) is 72.7 Å². The minimum Gasteiger partial charge on any atom is -0.493 e. The van der Waals surface area contributed by atoms with Crippen LogP contribution in [0, 0.1) is 5.82 Å². The van der Waals surface area contributed by atoms with Gasteiger partial charge in [-0.3, -0.25) is 9.36 Å². The number of amides is 1. The number of ether oxygens (including phenoxy) is 2. The maximum atomic E-state index is 13.2. The average molecular weight is 512 g/mol. The molecule has 1 saturated heterocycles. The molecule has 3 aromatic rings. The Hall–Kier alpha value is -3.53. The maximum Gasteiger partial charge on any atom is 0.233 e. The van der Waals surface area contributed by atoms with Crippen molar-refractivity contribution in [3.63, 3.8) is 0 Å². The van der Waals surface area contributed by atoms with Crippen LogP contribution in [0.25, 0.3) is 0 Å². The van der Waals surface area contributed by atoms with E-state index in [-0.39, 0.29) is 17.5 Å². The number of piperazine rings is 1. The number of thioether (sulfide) groups is 1. The summed E-state index contributed by atoms with van der Waals surface area (Å²) < 4.78 is 26.6. The van der Waals surface area contributed by atoms with Crippen LogP contribution in [-0.2, 0) is 11.3 Å². The summed E-state index contributed by atoms with van der Waals surface area (Å²) in [6.07, 6.45) is 1.38. The lowest BCUT2D eigenvalue weighted by Gasteiger charge is -2.36. The molecule has 2 heterocycles. The molecule has 0 bridgehead atoms. The van der Waals surface area contributed by atoms with Crippen molar-refractivity contribution in [1.29, 1.82) is 0 Å². The van der Waals surface area contributed by atoms with Crippen LogP contribution in [0.1, 0.15) is 18.9 Å². The Bertz CT molecular complexity index is 1180. The summed E-state index contributed by atoms with van der Waals surface area (Å²) in [4.78, 5) is 16.9. The van der Waals surface area contributed by atoms with Gasteiger partial charge < -0.3 is 19.3 Å². The van der Waals surface area contributed by atoms with Crippen molar-refractivity contribution in [3.8, 4) is 11.5 Å². The number of rotatable bonds is 10. The number of methoxy groups -OCH3 is 1. The van der Waals surface area contributed by atoms with Gasteiger partial charge in [-0.15, -0.1) is 16.8 Å². The van der Waals surface area contributed by atoms with Gasteiger partial charge in [-0.25, -0.2) is 4.39 Å². The Morgan fingerprint density at radius 1 is 1.11 bits per heavy atom. The van der Waals surface area contributed by atoms with Gasteiger partial charge in [0.2, 0.25) is 5.91 Å². The molecule has 0 N–H and O–H groups in total. The first kappa shape index (κ1) is 25.6. The summed E-state index contributed by atoms with van der Waals surface area (Å²) in [6.45, 7) is 8.88. The number of hydrogen-bond acceptors (Lipinski definition) is 7. The van der Waals surface area contributed by atoms with Crippen LogP contribution in [0.15, 0.2) is 66.3 Å². The van der Waals surface area contributed by atoms with E-state index in [2.05, 4.69) is 21.7 Å². The molecule has 1 aromatic heterocycles. The number of carbonyl (C=O) groups excluding carboxylic acids is 1. The molecule has 1 atom stereocenters. The molecule has 1 aliphatic heterocycles. The molecule has 190 valence electrons. The number of allylic oxidation sites excluding steroid dienone is 1. The van der Waals surface area contributed by atoms with Crippen LogP contribution in [0.5, 0.6) is 11.5 Å². The van der Waals surface area contributed by atoms with E-state index in [1.807, 2.05) is 40.7 Å². The number of halogens is 1. The van der Waals surface area contributed by atoms with Gasteiger partial charge in [0.25, 0.3) is 0 Å². The largest absolute Gasteiger partial charge is 0.493 e. The summed E-state index contributed by atoms with van der Waals surface area (Å²) in [7, 11) is 1.60. The van der Waals surface area contributed by atoms with E-state index in [4.69, 9.17) is 9.47 Å². The van der Waals surface area contributed by atoms with Gasteiger partial charge in [0, 0.05) is 38.4 Å². The van der Waals surface area contributed by atoms with Crippen molar-refractivity contribution in [3.05, 3.63) is 72.8 Å². The minimum atomic E-state index is -0.390. The van der Waals surface area contributed by atoms with E-state index in [0.29, 0.717) is 55.2 Å². The third-order valence-corrected chi connectivity index (χ3v) is 6.89. The van der Waals surface area contributed by atoms with Gasteiger partial charge in [-0.1, -0.05) is 30.0 Å². The van der Waals surface area contributed by atoms with Crippen LogP contribution >= 0.6 is 11.8 Å². The highest BCUT2D eigenvalue weighted by molar-refractivity contribution is 7.99. The first-order chi connectivity index (χ1) is 17.5. The van der Waals surface area contributed by atoms with Gasteiger partial charge in [-0.05, 0) is 43.3 Å². The Morgan fingerprint density at radius 3 is 2.47 bits per heavy atom. The highest BCUT2D eigenvalue weighted by atomic mass is 32.2. The summed E-state index contributed by atoms with van der Waals surface area (Å²) in [5.74, 6) is 1.95. The fourth-order valence-corrected chi connectivity index (χ4v) is 4.91. The molecule has 1 unspecified atom stereocenters. The molecule has 1 amide bonds. The first-order valence-corrected chi connectivity index (χ1v) is 12.7. The van der Waals surface area contributed by atoms with Gasteiger partial charge >= 0.3 is 0 Å². The number of hydrogen-bond donors (Lipinski definition) is 0. The monoisotopic (exact) mass is 511 g/mol. The average Bonchev–Trinajstić information content (AvgIpc) is 3.31. The Balaban J connectivity index is 1.35. The molecule has 10 heteroatoms. The lowest BCUT2D eigenvalue weighted by molar-refractivity contribution is -0.128. The Labute approximate surface area is 214 Å². The lowest BCUT2D eigenvalue weighted by atomic mass is 10.2. The van der Waals surface area contributed by atoms with Crippen LogP contribution < -0.4 is 14.4 Å². The lowest BCUT2D eigenvalue weighted by Crippen LogP contribution is -2.49. The minimum absolute atomic E-state index is 0.0479. The molecular weight excluding hydrogens is 481 g/mol. The molecule has 36 heavy (non-hydrogen) atoms. The number of aromatic nitrogens is 3. The number of nitrogens with zero attached hydrogens (tertiary/aromatic N) is 5. The molecule has 0 spiro atoms. The Morgan fingerprint density at radius 2 is 1.81 bits per heavy atom. The summed E-state index contributed by atoms with van der Waals surface area (Å²) in [5, 5.41) is 9.31. The van der Waals surface area contributed by atoms with Crippen molar-refractivity contribution in [2.45, 2.75) is 24.7 Å². The molecule has 2 aromatic carbocycles. The van der Waals surface area contributed by atoms with Crippen LogP contribution in [0.4, 0.5) is 10.1 Å². The van der Waals surface area contributed by atoms with Crippen molar-refractivity contribution in [2.75, 3.05) is 43.9 Å². The van der Waals surface area contributed by atoms with Crippen LogP contribution in [0.3, 0.4) is 0 Å². The standard InChI is InChI=1S/C26H30FN5O3S/c1-4-13-32-25(19(2)35-23-8-6-5-7-22(23)34-3)28-29-26(32)36-18-24(33)31-16-14-30(15-17-31)21-11-9-20(27)10-12-21/h4-12,19H,1,13-18H2,2-3H3. The molecular formula is C26H30FN5O3S. The summed E-state index contributed by atoms with van der Waals surface area (Å²) in [6, 6.07) is 13.9. The molecule has 4 rings (SSSR count). The zero-order valence-corrected chi connectivity index (χ0v) is 21.3. The van der Waals surface area contributed by atoms with Gasteiger partial charge in [0.1, 0.15) is 5.82 Å². The molecule has 0 radical (unpaired) electrons. The molecule has 8 nitrogen and oxygen atoms in total. The van der Waals surface area contributed by atoms with Crippen molar-refractivity contribution in [2.24, 2.45) is 0 Å². The predicted molar refractivity (Wildman–Crippen MR) is 138 cm³/mol. The van der Waals surface area contributed by atoms with Crippen LogP contribution in [0.2, 0.25) is 0 Å². The third-order valence-electron chi connectivity index (χ3n) is 5.94. The number of carbonyl (C=O) groups is 1. The van der Waals surface area contributed by atoms with E-state index in [1.165, 1.54) is 23.9 Å². The maximum absolute atomic E-state index is 13.2. The zero-order valence-electron chi connectivity index (χ0n) is 20.5. The third kappa shape index (κ3) is 5.99. The predicted octanol–water partition coefficient (Wildman–Crippen LogP) is 4.19. The van der Waals surface area contributed by atoms with E-state index < -0.39 is 6.10 Å². The number of benzene rings is 2.